The third-order valence-corrected chi connectivity index (χ3v) is 4.77. The van der Waals surface area contributed by atoms with E-state index in [1.165, 1.54) is 0 Å². The number of imidazole rings is 1. The lowest BCUT2D eigenvalue weighted by Gasteiger charge is -2.05. The first-order valence-electron chi connectivity index (χ1n) is 8.86. The van der Waals surface area contributed by atoms with Crippen LogP contribution in [0.15, 0.2) is 73.2 Å². The summed E-state index contributed by atoms with van der Waals surface area (Å²) in [4.78, 5) is 13.1. The molecule has 0 aliphatic rings. The SMILES string of the molecule is COc1ccccc1-c1cn2cc(-c3ccc4nc(N)ncc4c3)ccc2n1. The summed E-state index contributed by atoms with van der Waals surface area (Å²) in [5, 5.41) is 0.951. The maximum atomic E-state index is 5.66. The van der Waals surface area contributed by atoms with Crippen LogP contribution >= 0.6 is 0 Å². The number of ether oxygens (including phenoxy) is 1. The summed E-state index contributed by atoms with van der Waals surface area (Å²) < 4.78 is 7.50. The lowest BCUT2D eigenvalue weighted by Crippen LogP contribution is -1.94. The second kappa shape index (κ2) is 6.35. The van der Waals surface area contributed by atoms with Gasteiger partial charge in [0.2, 0.25) is 5.95 Å². The molecule has 0 radical (unpaired) electrons. The third kappa shape index (κ3) is 2.72. The maximum absolute atomic E-state index is 5.66. The van der Waals surface area contributed by atoms with E-state index in [2.05, 4.69) is 28.3 Å². The van der Waals surface area contributed by atoms with Crippen LogP contribution in [-0.2, 0) is 0 Å². The molecule has 5 rings (SSSR count). The van der Waals surface area contributed by atoms with Crippen molar-refractivity contribution >= 4 is 22.5 Å². The molecule has 0 aliphatic heterocycles. The number of methoxy groups -OCH3 is 1. The van der Waals surface area contributed by atoms with Crippen LogP contribution in [0.1, 0.15) is 0 Å². The van der Waals surface area contributed by atoms with Gasteiger partial charge in [-0.2, -0.15) is 0 Å². The van der Waals surface area contributed by atoms with Gasteiger partial charge in [-0.05, 0) is 47.5 Å². The fourth-order valence-corrected chi connectivity index (χ4v) is 3.38. The molecule has 5 aromatic rings. The minimum absolute atomic E-state index is 0.281. The molecule has 6 heteroatoms. The number of nitrogen functional groups attached to an aromatic ring is 1. The Hall–Kier alpha value is -3.93. The minimum Gasteiger partial charge on any atom is -0.496 e. The van der Waals surface area contributed by atoms with Gasteiger partial charge in [-0.25, -0.2) is 15.0 Å². The van der Waals surface area contributed by atoms with Gasteiger partial charge in [-0.3, -0.25) is 0 Å². The molecule has 0 atom stereocenters. The van der Waals surface area contributed by atoms with Gasteiger partial charge in [0.15, 0.2) is 0 Å². The van der Waals surface area contributed by atoms with Crippen molar-refractivity contribution < 1.29 is 4.74 Å². The molecule has 0 amide bonds. The second-order valence-electron chi connectivity index (χ2n) is 6.51. The highest BCUT2D eigenvalue weighted by Gasteiger charge is 2.10. The Morgan fingerprint density at radius 3 is 2.68 bits per heavy atom. The van der Waals surface area contributed by atoms with E-state index in [-0.39, 0.29) is 5.95 Å². The zero-order valence-electron chi connectivity index (χ0n) is 15.2. The highest BCUT2D eigenvalue weighted by molar-refractivity contribution is 5.84. The average Bonchev–Trinajstić information content (AvgIpc) is 3.16. The number of hydrogen-bond acceptors (Lipinski definition) is 5. The van der Waals surface area contributed by atoms with Crippen molar-refractivity contribution in [3.05, 3.63) is 73.2 Å². The lowest BCUT2D eigenvalue weighted by atomic mass is 10.1. The van der Waals surface area contributed by atoms with Crippen LogP contribution in [0.3, 0.4) is 0 Å². The molecule has 2 aromatic carbocycles. The number of hydrogen-bond donors (Lipinski definition) is 1. The van der Waals surface area contributed by atoms with Crippen molar-refractivity contribution in [3.63, 3.8) is 0 Å². The third-order valence-electron chi connectivity index (χ3n) is 4.77. The molecule has 0 aliphatic carbocycles. The summed E-state index contributed by atoms with van der Waals surface area (Å²) in [5.74, 6) is 1.09. The number of nitrogens with two attached hydrogens (primary N) is 1. The van der Waals surface area contributed by atoms with Crippen LogP contribution < -0.4 is 10.5 Å². The van der Waals surface area contributed by atoms with E-state index < -0.39 is 0 Å². The normalized spacial score (nSPS) is 11.2. The molecule has 0 unspecified atom stereocenters. The molecule has 0 spiro atoms. The zero-order chi connectivity index (χ0) is 19.1. The van der Waals surface area contributed by atoms with Crippen molar-refractivity contribution in [2.75, 3.05) is 12.8 Å². The molecule has 0 saturated carbocycles. The molecule has 3 heterocycles. The number of nitrogens with zero attached hydrogens (tertiary/aromatic N) is 4. The smallest absolute Gasteiger partial charge is 0.220 e. The largest absolute Gasteiger partial charge is 0.496 e. The fraction of sp³-hybridized carbons (Fsp3) is 0.0455. The van der Waals surface area contributed by atoms with Gasteiger partial charge in [0, 0.05) is 29.5 Å². The number of aromatic nitrogens is 4. The van der Waals surface area contributed by atoms with Crippen LogP contribution in [0.2, 0.25) is 0 Å². The summed E-state index contributed by atoms with van der Waals surface area (Å²) >= 11 is 0. The topological polar surface area (TPSA) is 78.3 Å². The van der Waals surface area contributed by atoms with Gasteiger partial charge in [0.25, 0.3) is 0 Å². The van der Waals surface area contributed by atoms with Crippen molar-refractivity contribution in [1.82, 2.24) is 19.4 Å². The van der Waals surface area contributed by atoms with Gasteiger partial charge < -0.3 is 14.9 Å². The molecule has 3 aromatic heterocycles. The summed E-state index contributed by atoms with van der Waals surface area (Å²) in [5.41, 5.74) is 11.4. The van der Waals surface area contributed by atoms with E-state index in [1.807, 2.05) is 53.1 Å². The van der Waals surface area contributed by atoms with E-state index in [0.717, 1.165) is 44.7 Å². The maximum Gasteiger partial charge on any atom is 0.220 e. The first kappa shape index (κ1) is 16.3. The molecule has 6 nitrogen and oxygen atoms in total. The average molecular weight is 367 g/mol. The molecule has 28 heavy (non-hydrogen) atoms. The second-order valence-corrected chi connectivity index (χ2v) is 6.51. The van der Waals surface area contributed by atoms with E-state index in [9.17, 15) is 0 Å². The highest BCUT2D eigenvalue weighted by Crippen LogP contribution is 2.30. The van der Waals surface area contributed by atoms with E-state index >= 15 is 0 Å². The standard InChI is InChI=1S/C22H17N5O/c1-28-20-5-3-2-4-17(20)19-13-27-12-15(7-9-21(27)25-19)14-6-8-18-16(10-14)11-24-22(23)26-18/h2-13H,1H3,(H2,23,24,26). The summed E-state index contributed by atoms with van der Waals surface area (Å²) in [6.45, 7) is 0. The van der Waals surface area contributed by atoms with Crippen LogP contribution in [0, 0.1) is 0 Å². The predicted molar refractivity (Wildman–Crippen MR) is 110 cm³/mol. The number of anilines is 1. The van der Waals surface area contributed by atoms with E-state index in [4.69, 9.17) is 15.5 Å². The van der Waals surface area contributed by atoms with Crippen molar-refractivity contribution in [3.8, 4) is 28.1 Å². The number of benzene rings is 2. The Bertz CT molecular complexity index is 1330. The first-order valence-corrected chi connectivity index (χ1v) is 8.86. The molecule has 0 bridgehead atoms. The van der Waals surface area contributed by atoms with Gasteiger partial charge in [0.05, 0.1) is 18.3 Å². The monoisotopic (exact) mass is 367 g/mol. The Kier molecular flexibility index (Phi) is 3.69. The van der Waals surface area contributed by atoms with Gasteiger partial charge in [-0.1, -0.05) is 18.2 Å². The summed E-state index contributed by atoms with van der Waals surface area (Å²) in [6.07, 6.45) is 5.83. The molecule has 136 valence electrons. The molecule has 2 N–H and O–H groups in total. The Morgan fingerprint density at radius 1 is 0.929 bits per heavy atom. The number of pyridine rings is 1. The lowest BCUT2D eigenvalue weighted by molar-refractivity contribution is 0.416. The molecular weight excluding hydrogens is 350 g/mol. The van der Waals surface area contributed by atoms with Crippen LogP contribution in [0.5, 0.6) is 5.75 Å². The van der Waals surface area contributed by atoms with Crippen molar-refractivity contribution in [1.29, 1.82) is 0 Å². The van der Waals surface area contributed by atoms with Gasteiger partial charge in [-0.15, -0.1) is 0 Å². The van der Waals surface area contributed by atoms with Crippen LogP contribution in [0.4, 0.5) is 5.95 Å². The van der Waals surface area contributed by atoms with E-state index in [0.29, 0.717) is 0 Å². The first-order chi connectivity index (χ1) is 13.7. The van der Waals surface area contributed by atoms with Gasteiger partial charge >= 0.3 is 0 Å². The Morgan fingerprint density at radius 2 is 1.79 bits per heavy atom. The minimum atomic E-state index is 0.281. The van der Waals surface area contributed by atoms with Crippen molar-refractivity contribution in [2.45, 2.75) is 0 Å². The number of fused-ring (bicyclic) bond motifs is 2. The van der Waals surface area contributed by atoms with Crippen molar-refractivity contribution in [2.24, 2.45) is 0 Å². The number of para-hydroxylation sites is 1. The Balaban J connectivity index is 1.59. The fourth-order valence-electron chi connectivity index (χ4n) is 3.38. The predicted octanol–water partition coefficient (Wildman–Crippen LogP) is 4.20. The highest BCUT2D eigenvalue weighted by atomic mass is 16.5. The summed E-state index contributed by atoms with van der Waals surface area (Å²) in [6, 6.07) is 18.0. The van der Waals surface area contributed by atoms with Crippen LogP contribution in [0.25, 0.3) is 38.9 Å². The van der Waals surface area contributed by atoms with Crippen LogP contribution in [-0.4, -0.2) is 26.5 Å². The molecular formula is C22H17N5O. The quantitative estimate of drug-likeness (QED) is 0.517. The molecule has 0 saturated heterocycles. The summed E-state index contributed by atoms with van der Waals surface area (Å²) in [7, 11) is 1.67. The van der Waals surface area contributed by atoms with Gasteiger partial charge in [0.1, 0.15) is 11.4 Å². The van der Waals surface area contributed by atoms with E-state index in [1.54, 1.807) is 13.3 Å². The Labute approximate surface area is 161 Å². The molecule has 0 fully saturated rings. The zero-order valence-corrected chi connectivity index (χ0v) is 15.2. The number of rotatable bonds is 3.